The number of carbonyl (C=O) groups is 5. The lowest BCUT2D eigenvalue weighted by Gasteiger charge is -2.27. The predicted octanol–water partition coefficient (Wildman–Crippen LogP) is 2.49. The van der Waals surface area contributed by atoms with Crippen molar-refractivity contribution < 1.29 is 39.3 Å². The van der Waals surface area contributed by atoms with Gasteiger partial charge in [0.05, 0.1) is 32.7 Å². The Morgan fingerprint density at radius 1 is 0.477 bits per heavy atom. The van der Waals surface area contributed by atoms with Gasteiger partial charge in [-0.05, 0) is 6.42 Å². The molecule has 2 amide bonds. The largest absolute Gasteiger partial charge is 0.480 e. The lowest BCUT2D eigenvalue weighted by molar-refractivity contribution is -0.141. The first-order valence-corrected chi connectivity index (χ1v) is 16.4. The molecule has 0 fully saturated rings. The smallest absolute Gasteiger partial charge is 0.317 e. The van der Waals surface area contributed by atoms with Crippen molar-refractivity contribution in [2.75, 3.05) is 72.5 Å². The van der Waals surface area contributed by atoms with E-state index in [1.165, 1.54) is 92.4 Å². The monoisotopic (exact) mass is 629 g/mol. The highest BCUT2D eigenvalue weighted by Crippen LogP contribution is 2.12. The second-order valence-electron chi connectivity index (χ2n) is 11.5. The summed E-state index contributed by atoms with van der Waals surface area (Å²) >= 11 is 0. The minimum Gasteiger partial charge on any atom is -0.480 e. The number of carboxylic acid groups (broad SMARTS) is 3. The molecule has 0 heterocycles. The van der Waals surface area contributed by atoms with Crippen LogP contribution in [0.25, 0.3) is 0 Å². The van der Waals surface area contributed by atoms with Crippen molar-refractivity contribution in [3.63, 3.8) is 0 Å². The molecule has 0 spiro atoms. The molecule has 0 aliphatic rings. The molecule has 0 saturated heterocycles. The fourth-order valence-corrected chi connectivity index (χ4v) is 4.93. The number of unbranched alkanes of at least 4 members (excludes halogenated alkanes) is 13. The summed E-state index contributed by atoms with van der Waals surface area (Å²) in [5.74, 6) is -3.98. The molecular formula is C31H59N5O8. The third-order valence-corrected chi connectivity index (χ3v) is 7.41. The Hall–Kier alpha value is -2.77. The van der Waals surface area contributed by atoms with Crippen molar-refractivity contribution >= 4 is 29.7 Å². The zero-order chi connectivity index (χ0) is 33.0. The topological polar surface area (TPSA) is 180 Å². The Kier molecular flexibility index (Phi) is 26.0. The second kappa shape index (κ2) is 27.8. The molecular weight excluding hydrogens is 570 g/mol. The SMILES string of the molecule is CCCCCCCCCCCCCCCCNC(=O)CN(CCN(CCN(CC(=O)O)CC(=O)NC)CC(=O)O)CC(=O)O. The summed E-state index contributed by atoms with van der Waals surface area (Å²) in [6, 6.07) is 0. The first-order valence-electron chi connectivity index (χ1n) is 16.4. The fourth-order valence-electron chi connectivity index (χ4n) is 4.93. The first-order chi connectivity index (χ1) is 21.1. The van der Waals surface area contributed by atoms with Crippen molar-refractivity contribution in [1.82, 2.24) is 25.3 Å². The number of carbonyl (C=O) groups excluding carboxylic acids is 2. The number of rotatable bonds is 31. The van der Waals surface area contributed by atoms with Crippen molar-refractivity contribution in [2.24, 2.45) is 0 Å². The second-order valence-corrected chi connectivity index (χ2v) is 11.5. The van der Waals surface area contributed by atoms with Gasteiger partial charge in [-0.1, -0.05) is 90.4 Å². The number of likely N-dealkylation sites (N-methyl/N-ethyl adjacent to an activating group) is 1. The first kappa shape index (κ1) is 41.2. The minimum absolute atomic E-state index is 0.117. The van der Waals surface area contributed by atoms with Crippen LogP contribution in [0.2, 0.25) is 0 Å². The molecule has 0 aliphatic heterocycles. The van der Waals surface area contributed by atoms with Gasteiger partial charge < -0.3 is 26.0 Å². The van der Waals surface area contributed by atoms with E-state index in [-0.39, 0.29) is 70.7 Å². The highest BCUT2D eigenvalue weighted by atomic mass is 16.4. The van der Waals surface area contributed by atoms with Gasteiger partial charge in [-0.2, -0.15) is 0 Å². The molecule has 13 nitrogen and oxygen atoms in total. The van der Waals surface area contributed by atoms with E-state index in [2.05, 4.69) is 17.6 Å². The Labute approximate surface area is 263 Å². The Morgan fingerprint density at radius 3 is 1.20 bits per heavy atom. The van der Waals surface area contributed by atoms with E-state index in [9.17, 15) is 34.2 Å². The molecule has 5 N–H and O–H groups in total. The number of nitrogens with zero attached hydrogens (tertiary/aromatic N) is 3. The van der Waals surface area contributed by atoms with Crippen LogP contribution < -0.4 is 10.6 Å². The summed E-state index contributed by atoms with van der Waals surface area (Å²) < 4.78 is 0. The molecule has 0 aliphatic carbocycles. The highest BCUT2D eigenvalue weighted by Gasteiger charge is 2.19. The van der Waals surface area contributed by atoms with E-state index in [1.54, 1.807) is 0 Å². The van der Waals surface area contributed by atoms with Crippen molar-refractivity contribution in [2.45, 2.75) is 96.8 Å². The van der Waals surface area contributed by atoms with Gasteiger partial charge in [0.25, 0.3) is 0 Å². The van der Waals surface area contributed by atoms with Crippen LogP contribution in [-0.4, -0.2) is 132 Å². The maximum absolute atomic E-state index is 12.5. The molecule has 13 heteroatoms. The quantitative estimate of drug-likeness (QED) is 0.0711. The maximum atomic E-state index is 12.5. The molecule has 0 aromatic carbocycles. The summed E-state index contributed by atoms with van der Waals surface area (Å²) in [6.07, 6.45) is 17.5. The summed E-state index contributed by atoms with van der Waals surface area (Å²) in [7, 11) is 1.44. The Bertz CT molecular complexity index is 814. The minimum atomic E-state index is -1.12. The molecule has 44 heavy (non-hydrogen) atoms. The van der Waals surface area contributed by atoms with E-state index in [4.69, 9.17) is 5.11 Å². The van der Waals surface area contributed by atoms with Crippen LogP contribution in [0.4, 0.5) is 0 Å². The number of nitrogens with one attached hydrogen (secondary N) is 2. The molecule has 0 unspecified atom stereocenters. The molecule has 0 bridgehead atoms. The molecule has 0 saturated carbocycles. The Balaban J connectivity index is 4.39. The number of hydrogen-bond donors (Lipinski definition) is 5. The fraction of sp³-hybridized carbons (Fsp3) is 0.839. The zero-order valence-electron chi connectivity index (χ0n) is 27.2. The molecule has 0 atom stereocenters. The molecule has 0 radical (unpaired) electrons. The van der Waals surface area contributed by atoms with Crippen LogP contribution in [0.5, 0.6) is 0 Å². The summed E-state index contributed by atoms with van der Waals surface area (Å²) in [4.78, 5) is 62.5. The highest BCUT2D eigenvalue weighted by molar-refractivity contribution is 5.79. The van der Waals surface area contributed by atoms with E-state index < -0.39 is 17.9 Å². The van der Waals surface area contributed by atoms with E-state index in [0.29, 0.717) is 6.54 Å². The average molecular weight is 630 g/mol. The third-order valence-electron chi connectivity index (χ3n) is 7.41. The molecule has 0 aromatic heterocycles. The average Bonchev–Trinajstić information content (AvgIpc) is 2.95. The van der Waals surface area contributed by atoms with Crippen LogP contribution in [0.15, 0.2) is 0 Å². The molecule has 256 valence electrons. The van der Waals surface area contributed by atoms with Gasteiger partial charge in [-0.3, -0.25) is 38.7 Å². The van der Waals surface area contributed by atoms with Gasteiger partial charge in [0, 0.05) is 39.8 Å². The van der Waals surface area contributed by atoms with Crippen molar-refractivity contribution in [1.29, 1.82) is 0 Å². The van der Waals surface area contributed by atoms with Gasteiger partial charge in [0.15, 0.2) is 0 Å². The lowest BCUT2D eigenvalue weighted by Crippen LogP contribution is -2.47. The maximum Gasteiger partial charge on any atom is 0.317 e. The van der Waals surface area contributed by atoms with Gasteiger partial charge in [0.2, 0.25) is 11.8 Å². The Morgan fingerprint density at radius 2 is 0.818 bits per heavy atom. The predicted molar refractivity (Wildman–Crippen MR) is 170 cm³/mol. The van der Waals surface area contributed by atoms with Crippen LogP contribution in [-0.2, 0) is 24.0 Å². The molecule has 0 rings (SSSR count). The van der Waals surface area contributed by atoms with E-state index in [1.807, 2.05) is 0 Å². The molecule has 0 aromatic rings. The number of carboxylic acids is 3. The van der Waals surface area contributed by atoms with Crippen LogP contribution in [0.3, 0.4) is 0 Å². The summed E-state index contributed by atoms with van der Waals surface area (Å²) in [6.45, 7) is 1.88. The number of amides is 2. The van der Waals surface area contributed by atoms with E-state index >= 15 is 0 Å². The van der Waals surface area contributed by atoms with Gasteiger partial charge in [0.1, 0.15) is 0 Å². The van der Waals surface area contributed by atoms with Gasteiger partial charge >= 0.3 is 17.9 Å². The number of hydrogen-bond acceptors (Lipinski definition) is 8. The van der Waals surface area contributed by atoms with E-state index in [0.717, 1.165) is 19.3 Å². The third kappa shape index (κ3) is 26.8. The summed E-state index contributed by atoms with van der Waals surface area (Å²) in [5, 5.41) is 33.0. The van der Waals surface area contributed by atoms with Gasteiger partial charge in [-0.15, -0.1) is 0 Å². The van der Waals surface area contributed by atoms with Crippen LogP contribution >= 0.6 is 0 Å². The van der Waals surface area contributed by atoms with Crippen molar-refractivity contribution in [3.05, 3.63) is 0 Å². The zero-order valence-corrected chi connectivity index (χ0v) is 27.2. The standard InChI is InChI=1S/C31H59N5O8/c1-3-4-5-6-7-8-9-10-11-12-13-14-15-16-17-33-28(38)23-36(26-31(43)44)21-19-34(24-29(39)40)18-20-35(25-30(41)42)22-27(37)32-2/h3-26H2,1-2H3,(H,32,37)(H,33,38)(H,39,40)(H,41,42)(H,43,44). The van der Waals surface area contributed by atoms with Gasteiger partial charge in [-0.25, -0.2) is 0 Å². The number of aliphatic carboxylic acids is 3. The summed E-state index contributed by atoms with van der Waals surface area (Å²) in [5.41, 5.74) is 0. The normalized spacial score (nSPS) is 11.3. The van der Waals surface area contributed by atoms with Crippen molar-refractivity contribution in [3.8, 4) is 0 Å². The lowest BCUT2D eigenvalue weighted by atomic mass is 10.0. The van der Waals surface area contributed by atoms with Crippen LogP contribution in [0.1, 0.15) is 96.8 Å². The van der Waals surface area contributed by atoms with Crippen LogP contribution in [0, 0.1) is 0 Å².